The quantitative estimate of drug-likeness (QED) is 0.513. The van der Waals surface area contributed by atoms with E-state index in [-0.39, 0.29) is 0 Å². The van der Waals surface area contributed by atoms with Gasteiger partial charge in [0.15, 0.2) is 5.65 Å². The normalized spacial score (nSPS) is 16.0. The Hall–Kier alpha value is -2.90. The van der Waals surface area contributed by atoms with Crippen LogP contribution in [0, 0.1) is 0 Å². The van der Waals surface area contributed by atoms with E-state index in [0.717, 1.165) is 67.0 Å². The zero-order valence-electron chi connectivity index (χ0n) is 16.7. The lowest BCUT2D eigenvalue weighted by Gasteiger charge is -2.32. The van der Waals surface area contributed by atoms with Crippen LogP contribution in [0.25, 0.3) is 27.8 Å². The topological polar surface area (TPSA) is 61.7 Å². The molecule has 0 radical (unpaired) electrons. The van der Waals surface area contributed by atoms with Crippen LogP contribution < -0.4 is 4.74 Å². The van der Waals surface area contributed by atoms with E-state index in [2.05, 4.69) is 45.0 Å². The van der Waals surface area contributed by atoms with Crippen LogP contribution >= 0.6 is 0 Å². The zero-order valence-corrected chi connectivity index (χ0v) is 16.7. The third kappa shape index (κ3) is 3.71. The molecule has 7 nitrogen and oxygen atoms in total. The maximum absolute atomic E-state index is 5.96. The smallest absolute Gasteiger partial charge is 0.231 e. The average molecular weight is 390 g/mol. The van der Waals surface area contributed by atoms with Crippen LogP contribution in [0.5, 0.6) is 5.88 Å². The van der Waals surface area contributed by atoms with E-state index in [1.165, 1.54) is 0 Å². The van der Waals surface area contributed by atoms with Gasteiger partial charge in [-0.1, -0.05) is 12.1 Å². The van der Waals surface area contributed by atoms with Crippen molar-refractivity contribution in [3.05, 3.63) is 48.8 Å². The second kappa shape index (κ2) is 7.85. The van der Waals surface area contributed by atoms with Crippen LogP contribution in [-0.2, 0) is 0 Å². The molecule has 3 aromatic heterocycles. The lowest BCUT2D eigenvalue weighted by Crippen LogP contribution is -2.44. The molecule has 29 heavy (non-hydrogen) atoms. The van der Waals surface area contributed by atoms with Gasteiger partial charge in [-0.3, -0.25) is 0 Å². The highest BCUT2D eigenvalue weighted by molar-refractivity contribution is 5.94. The van der Waals surface area contributed by atoms with Crippen LogP contribution in [0.2, 0.25) is 0 Å². The van der Waals surface area contributed by atoms with Crippen molar-refractivity contribution in [2.75, 3.05) is 46.4 Å². The monoisotopic (exact) mass is 390 g/mol. The van der Waals surface area contributed by atoms with E-state index >= 15 is 0 Å². The zero-order chi connectivity index (χ0) is 19.6. The van der Waals surface area contributed by atoms with Crippen LogP contribution in [0.4, 0.5) is 0 Å². The second-order valence-corrected chi connectivity index (χ2v) is 7.68. The van der Waals surface area contributed by atoms with E-state index in [1.807, 2.05) is 35.1 Å². The third-order valence-corrected chi connectivity index (χ3v) is 5.67. The number of ether oxygens (including phenoxy) is 1. The molecule has 1 saturated heterocycles. The number of aromatic nitrogens is 4. The summed E-state index contributed by atoms with van der Waals surface area (Å²) >= 11 is 0. The molecule has 0 unspecified atom stereocenters. The fraction of sp³-hybridized carbons (Fsp3) is 0.364. The summed E-state index contributed by atoms with van der Waals surface area (Å²) in [5.41, 5.74) is 4.00. The highest BCUT2D eigenvalue weighted by atomic mass is 16.5. The summed E-state index contributed by atoms with van der Waals surface area (Å²) in [6.07, 6.45) is 4.84. The van der Waals surface area contributed by atoms with Gasteiger partial charge in [0.1, 0.15) is 0 Å². The first-order valence-corrected chi connectivity index (χ1v) is 10.2. The number of fused-ring (bicyclic) bond motifs is 2. The number of H-pyrrole nitrogens is 1. The Morgan fingerprint density at radius 1 is 1.07 bits per heavy atom. The van der Waals surface area contributed by atoms with Gasteiger partial charge in [-0.2, -0.15) is 0 Å². The molecule has 0 saturated carbocycles. The summed E-state index contributed by atoms with van der Waals surface area (Å²) in [5.74, 6) is 0.636. The number of nitrogens with one attached hydrogen (secondary N) is 1. The number of piperazine rings is 1. The Morgan fingerprint density at radius 3 is 2.86 bits per heavy atom. The molecule has 7 heteroatoms. The van der Waals surface area contributed by atoms with Crippen LogP contribution in [0.3, 0.4) is 0 Å². The van der Waals surface area contributed by atoms with Gasteiger partial charge >= 0.3 is 0 Å². The number of aromatic amines is 1. The largest absolute Gasteiger partial charge is 0.477 e. The third-order valence-electron chi connectivity index (χ3n) is 5.67. The maximum atomic E-state index is 5.96. The molecular weight excluding hydrogens is 364 g/mol. The number of nitrogens with zero attached hydrogens (tertiary/aromatic N) is 5. The molecule has 0 amide bonds. The summed E-state index contributed by atoms with van der Waals surface area (Å²) in [7, 11) is 2.18. The van der Waals surface area contributed by atoms with E-state index < -0.39 is 0 Å². The van der Waals surface area contributed by atoms with E-state index in [1.54, 1.807) is 0 Å². The Kier molecular flexibility index (Phi) is 4.91. The van der Waals surface area contributed by atoms with Gasteiger partial charge in [-0.05, 0) is 31.7 Å². The predicted octanol–water partition coefficient (Wildman–Crippen LogP) is 2.89. The lowest BCUT2D eigenvalue weighted by molar-refractivity contribution is 0.145. The number of imidazole rings is 1. The van der Waals surface area contributed by atoms with Crippen molar-refractivity contribution in [2.24, 2.45) is 0 Å². The number of likely N-dealkylation sites (N-methyl/N-ethyl adjacent to an activating group) is 1. The highest BCUT2D eigenvalue weighted by Gasteiger charge is 2.14. The fourth-order valence-corrected chi connectivity index (χ4v) is 3.96. The molecule has 4 heterocycles. The Balaban J connectivity index is 1.29. The minimum Gasteiger partial charge on any atom is -0.477 e. The summed E-state index contributed by atoms with van der Waals surface area (Å²) in [5, 5.41) is 5.86. The Morgan fingerprint density at radius 2 is 1.97 bits per heavy atom. The fourth-order valence-electron chi connectivity index (χ4n) is 3.96. The van der Waals surface area contributed by atoms with Gasteiger partial charge < -0.3 is 19.5 Å². The molecule has 4 aromatic rings. The van der Waals surface area contributed by atoms with Crippen molar-refractivity contribution < 1.29 is 4.74 Å². The summed E-state index contributed by atoms with van der Waals surface area (Å²) in [4.78, 5) is 12.7. The van der Waals surface area contributed by atoms with Gasteiger partial charge in [-0.15, -0.1) is 5.10 Å². The molecule has 0 bridgehead atoms. The standard InChI is InChI=1S/C22H26N6O/c1-26-11-13-27(14-12-26)10-3-15-29-22-7-6-21-24-16-20(28(21)25-22)18-4-2-5-19-17(18)8-9-23-19/h2,4-9,16,23H,3,10-15H2,1H3. The first kappa shape index (κ1) is 18.1. The maximum Gasteiger partial charge on any atom is 0.231 e. The molecule has 0 atom stereocenters. The number of hydrogen-bond donors (Lipinski definition) is 1. The Labute approximate surface area is 169 Å². The van der Waals surface area contributed by atoms with E-state index in [4.69, 9.17) is 9.84 Å². The first-order chi connectivity index (χ1) is 14.3. The molecule has 1 aromatic carbocycles. The molecule has 0 aliphatic carbocycles. The Bertz CT molecular complexity index is 1110. The van der Waals surface area contributed by atoms with Crippen molar-refractivity contribution >= 4 is 16.6 Å². The van der Waals surface area contributed by atoms with Crippen molar-refractivity contribution in [1.29, 1.82) is 0 Å². The summed E-state index contributed by atoms with van der Waals surface area (Å²) in [6.45, 7) is 6.32. The molecular formula is C22H26N6O. The molecule has 1 fully saturated rings. The van der Waals surface area contributed by atoms with E-state index in [0.29, 0.717) is 12.5 Å². The summed E-state index contributed by atoms with van der Waals surface area (Å²) < 4.78 is 7.83. The van der Waals surface area contributed by atoms with Gasteiger partial charge in [0.25, 0.3) is 0 Å². The molecule has 150 valence electrons. The van der Waals surface area contributed by atoms with Crippen molar-refractivity contribution in [3.63, 3.8) is 0 Å². The molecule has 0 spiro atoms. The highest BCUT2D eigenvalue weighted by Crippen LogP contribution is 2.28. The van der Waals surface area contributed by atoms with Crippen molar-refractivity contribution in [3.8, 4) is 17.1 Å². The molecule has 5 rings (SSSR count). The molecule has 1 aliphatic heterocycles. The van der Waals surface area contributed by atoms with Gasteiger partial charge in [-0.25, -0.2) is 9.50 Å². The van der Waals surface area contributed by atoms with Gasteiger partial charge in [0.2, 0.25) is 5.88 Å². The van der Waals surface area contributed by atoms with Gasteiger partial charge in [0, 0.05) is 61.5 Å². The minimum atomic E-state index is 0.636. The van der Waals surface area contributed by atoms with Crippen LogP contribution in [0.15, 0.2) is 48.8 Å². The first-order valence-electron chi connectivity index (χ1n) is 10.2. The van der Waals surface area contributed by atoms with Gasteiger partial charge in [0.05, 0.1) is 18.5 Å². The molecule has 1 N–H and O–H groups in total. The minimum absolute atomic E-state index is 0.636. The van der Waals surface area contributed by atoms with E-state index in [9.17, 15) is 0 Å². The SMILES string of the molecule is CN1CCN(CCCOc2ccc3ncc(-c4cccc5[nH]ccc45)n3n2)CC1. The number of rotatable bonds is 6. The average Bonchev–Trinajstić information content (AvgIpc) is 3.39. The second-order valence-electron chi connectivity index (χ2n) is 7.68. The number of benzene rings is 1. The predicted molar refractivity (Wildman–Crippen MR) is 114 cm³/mol. The van der Waals surface area contributed by atoms with Crippen LogP contribution in [-0.4, -0.2) is 75.8 Å². The summed E-state index contributed by atoms with van der Waals surface area (Å²) in [6, 6.07) is 12.2. The van der Waals surface area contributed by atoms with Crippen LogP contribution in [0.1, 0.15) is 6.42 Å². The lowest BCUT2D eigenvalue weighted by atomic mass is 10.1. The van der Waals surface area contributed by atoms with Crippen molar-refractivity contribution in [2.45, 2.75) is 6.42 Å². The molecule has 1 aliphatic rings. The van der Waals surface area contributed by atoms with Crippen molar-refractivity contribution in [1.82, 2.24) is 29.4 Å². The number of hydrogen-bond acceptors (Lipinski definition) is 5.